The molecule has 1 aliphatic carbocycles. The first-order valence-electron chi connectivity index (χ1n) is 4.61. The molecule has 0 aromatic heterocycles. The van der Waals surface area contributed by atoms with Crippen molar-refractivity contribution in [1.29, 1.82) is 0 Å². The molecule has 0 unspecified atom stereocenters. The molecule has 1 aromatic rings. The lowest BCUT2D eigenvalue weighted by molar-refractivity contribution is 0.599. The molecule has 0 radical (unpaired) electrons. The Labute approximate surface area is 94.2 Å². The van der Waals surface area contributed by atoms with Crippen molar-refractivity contribution in [3.05, 3.63) is 34.9 Å². The molecule has 82 valence electrons. The third kappa shape index (κ3) is 2.02. The first kappa shape index (κ1) is 10.9. The van der Waals surface area contributed by atoms with Crippen LogP contribution in [0.15, 0.2) is 24.3 Å². The van der Waals surface area contributed by atoms with E-state index in [2.05, 4.69) is 0 Å². The molecule has 0 aliphatic heterocycles. The summed E-state index contributed by atoms with van der Waals surface area (Å²) in [5, 5.41) is 0.162. The molecule has 1 fully saturated rings. The van der Waals surface area contributed by atoms with Crippen molar-refractivity contribution in [2.45, 2.75) is 17.2 Å². The molecule has 1 aromatic carbocycles. The highest BCUT2D eigenvalue weighted by atomic mass is 35.5. The second-order valence-electron chi connectivity index (χ2n) is 3.95. The molecule has 1 saturated carbocycles. The fourth-order valence-corrected chi connectivity index (χ4v) is 3.70. The Morgan fingerprint density at radius 3 is 2.53 bits per heavy atom. The van der Waals surface area contributed by atoms with Crippen LogP contribution in [0.4, 0.5) is 0 Å². The van der Waals surface area contributed by atoms with Gasteiger partial charge in [0.25, 0.3) is 0 Å². The van der Waals surface area contributed by atoms with Gasteiger partial charge in [0, 0.05) is 23.2 Å². The third-order valence-electron chi connectivity index (χ3n) is 2.74. The van der Waals surface area contributed by atoms with Gasteiger partial charge in [-0.15, -0.1) is 0 Å². The van der Waals surface area contributed by atoms with Crippen molar-refractivity contribution in [3.8, 4) is 0 Å². The van der Waals surface area contributed by atoms with E-state index in [1.807, 2.05) is 12.1 Å². The van der Waals surface area contributed by atoms with Gasteiger partial charge in [-0.25, -0.2) is 8.42 Å². The normalized spacial score (nSPS) is 30.2. The van der Waals surface area contributed by atoms with Gasteiger partial charge in [-0.2, -0.15) is 0 Å². The van der Waals surface area contributed by atoms with E-state index < -0.39 is 15.1 Å². The number of hydrogen-bond donors (Lipinski definition) is 1. The van der Waals surface area contributed by atoms with E-state index in [-0.39, 0.29) is 12.0 Å². The molecule has 2 rings (SSSR count). The first-order chi connectivity index (χ1) is 6.91. The smallest absolute Gasteiger partial charge is 0.152 e. The van der Waals surface area contributed by atoms with E-state index in [4.69, 9.17) is 17.3 Å². The average Bonchev–Trinajstić information content (AvgIpc) is 2.76. The Balaban J connectivity index is 2.29. The molecule has 0 bridgehead atoms. The molecular weight excluding hydrogens is 234 g/mol. The van der Waals surface area contributed by atoms with Crippen LogP contribution in [0.1, 0.15) is 11.5 Å². The van der Waals surface area contributed by atoms with E-state index in [0.29, 0.717) is 5.02 Å². The van der Waals surface area contributed by atoms with Crippen LogP contribution < -0.4 is 5.73 Å². The predicted octanol–water partition coefficient (Wildman–Crippen LogP) is 1.18. The fourth-order valence-electron chi connectivity index (χ4n) is 1.98. The van der Waals surface area contributed by atoms with Crippen LogP contribution >= 0.6 is 11.6 Å². The van der Waals surface area contributed by atoms with Gasteiger partial charge in [0.2, 0.25) is 0 Å². The fraction of sp³-hybridized carbons (Fsp3) is 0.400. The Bertz CT molecular complexity index is 486. The maximum absolute atomic E-state index is 11.4. The molecule has 15 heavy (non-hydrogen) atoms. The maximum Gasteiger partial charge on any atom is 0.152 e. The number of halogens is 1. The molecule has 0 heterocycles. The van der Waals surface area contributed by atoms with E-state index >= 15 is 0 Å². The van der Waals surface area contributed by atoms with Gasteiger partial charge < -0.3 is 5.73 Å². The summed E-state index contributed by atoms with van der Waals surface area (Å²) in [6, 6.07) is 6.91. The van der Waals surface area contributed by atoms with E-state index in [0.717, 1.165) is 5.56 Å². The van der Waals surface area contributed by atoms with Crippen LogP contribution in [0.5, 0.6) is 0 Å². The van der Waals surface area contributed by atoms with Crippen molar-refractivity contribution in [2.24, 2.45) is 5.73 Å². The average molecular weight is 246 g/mol. The number of rotatable bonds is 2. The second-order valence-corrected chi connectivity index (χ2v) is 6.59. The minimum atomic E-state index is -3.06. The third-order valence-corrected chi connectivity index (χ3v) is 4.57. The summed E-state index contributed by atoms with van der Waals surface area (Å²) in [7, 11) is -3.06. The number of benzene rings is 1. The molecule has 2 N–H and O–H groups in total. The van der Waals surface area contributed by atoms with Gasteiger partial charge >= 0.3 is 0 Å². The quantitative estimate of drug-likeness (QED) is 0.851. The highest BCUT2D eigenvalue weighted by Gasteiger charge is 2.54. The van der Waals surface area contributed by atoms with E-state index in [1.54, 1.807) is 12.1 Å². The van der Waals surface area contributed by atoms with Gasteiger partial charge in [0.1, 0.15) is 0 Å². The number of sulfone groups is 1. The molecule has 1 aliphatic rings. The highest BCUT2D eigenvalue weighted by Crippen LogP contribution is 2.44. The standard InChI is InChI=1S/C10H12ClNO2S/c1-15(13,14)10-8(9(10)12)6-3-2-4-7(11)5-6/h2-5,8-10H,12H2,1H3/t8-,9-,10+/m1/s1. The second kappa shape index (κ2) is 3.47. The lowest BCUT2D eigenvalue weighted by Crippen LogP contribution is -2.13. The summed E-state index contributed by atoms with van der Waals surface area (Å²) in [6.45, 7) is 0. The summed E-state index contributed by atoms with van der Waals surface area (Å²) in [5.41, 5.74) is 6.66. The maximum atomic E-state index is 11.4. The molecule has 3 atom stereocenters. The minimum Gasteiger partial charge on any atom is -0.326 e. The zero-order chi connectivity index (χ0) is 11.2. The summed E-state index contributed by atoms with van der Waals surface area (Å²) in [5.74, 6) is -0.0984. The number of nitrogens with two attached hydrogens (primary N) is 1. The van der Waals surface area contributed by atoms with Gasteiger partial charge in [-0.3, -0.25) is 0 Å². The van der Waals surface area contributed by atoms with Gasteiger partial charge in [-0.05, 0) is 17.7 Å². The lowest BCUT2D eigenvalue weighted by atomic mass is 10.1. The largest absolute Gasteiger partial charge is 0.326 e. The topological polar surface area (TPSA) is 60.2 Å². The van der Waals surface area contributed by atoms with E-state index in [9.17, 15) is 8.42 Å². The molecular formula is C10H12ClNO2S. The lowest BCUT2D eigenvalue weighted by Gasteiger charge is -1.99. The highest BCUT2D eigenvalue weighted by molar-refractivity contribution is 7.91. The van der Waals surface area contributed by atoms with Crippen LogP contribution in [0.25, 0.3) is 0 Å². The van der Waals surface area contributed by atoms with E-state index in [1.165, 1.54) is 6.26 Å². The predicted molar refractivity (Wildman–Crippen MR) is 60.8 cm³/mol. The summed E-state index contributed by atoms with van der Waals surface area (Å²) >= 11 is 5.84. The number of hydrogen-bond acceptors (Lipinski definition) is 3. The van der Waals surface area contributed by atoms with Crippen LogP contribution in [-0.4, -0.2) is 26.0 Å². The summed E-state index contributed by atoms with van der Waals surface area (Å²) < 4.78 is 22.7. The Kier molecular flexibility index (Phi) is 2.53. The van der Waals surface area contributed by atoms with Crippen molar-refractivity contribution < 1.29 is 8.42 Å². The minimum absolute atomic E-state index is 0.0984. The first-order valence-corrected chi connectivity index (χ1v) is 6.94. The van der Waals surface area contributed by atoms with Crippen molar-refractivity contribution in [1.82, 2.24) is 0 Å². The molecule has 3 nitrogen and oxygen atoms in total. The van der Waals surface area contributed by atoms with Crippen molar-refractivity contribution in [2.75, 3.05) is 6.26 Å². The van der Waals surface area contributed by atoms with Crippen LogP contribution in [-0.2, 0) is 9.84 Å². The molecule has 0 amide bonds. The Morgan fingerprint density at radius 2 is 2.07 bits per heavy atom. The van der Waals surface area contributed by atoms with Crippen molar-refractivity contribution >= 4 is 21.4 Å². The Morgan fingerprint density at radius 1 is 1.40 bits per heavy atom. The zero-order valence-electron chi connectivity index (χ0n) is 8.22. The van der Waals surface area contributed by atoms with Crippen LogP contribution in [0, 0.1) is 0 Å². The van der Waals surface area contributed by atoms with Crippen LogP contribution in [0.3, 0.4) is 0 Å². The zero-order valence-corrected chi connectivity index (χ0v) is 9.79. The monoisotopic (exact) mass is 245 g/mol. The van der Waals surface area contributed by atoms with Gasteiger partial charge in [0.15, 0.2) is 9.84 Å². The van der Waals surface area contributed by atoms with Gasteiger partial charge in [-0.1, -0.05) is 23.7 Å². The van der Waals surface area contributed by atoms with Gasteiger partial charge in [0.05, 0.1) is 5.25 Å². The summed E-state index contributed by atoms with van der Waals surface area (Å²) in [6.07, 6.45) is 1.22. The molecule has 0 saturated heterocycles. The van der Waals surface area contributed by atoms with Crippen LogP contribution in [0.2, 0.25) is 5.02 Å². The molecule has 5 heteroatoms. The molecule has 0 spiro atoms. The SMILES string of the molecule is CS(=O)(=O)[C@@H]1[C@H](N)[C@H]1c1cccc(Cl)c1. The van der Waals surface area contributed by atoms with Crippen molar-refractivity contribution in [3.63, 3.8) is 0 Å². The summed E-state index contributed by atoms with van der Waals surface area (Å²) in [4.78, 5) is 0. The Hall–Kier alpha value is -0.580.